The molecular weight excluding hydrogens is 540 g/mol. The first-order valence-electron chi connectivity index (χ1n) is 11.9. The van der Waals surface area contributed by atoms with Gasteiger partial charge < -0.3 is 24.4 Å². The monoisotopic (exact) mass is 568 g/mol. The lowest BCUT2D eigenvalue weighted by atomic mass is 9.70. The standard InChI is InChI=1S/C25H30BrClN2O6/c1-3-11-28(16-9-7-15(27)8-10-16)23(32)21-25-14-17(26)20(35-25)18(24(33)34-4-2)19(25)22(31)29(21)12-5-6-13-30/h3,7-10,17-21,30H,1,4-6,11-14H2,2H3/t17?,18-,19-,20-,21?,25?/m0/s1. The molecule has 8 nitrogen and oxygen atoms in total. The Morgan fingerprint density at radius 3 is 2.71 bits per heavy atom. The molecule has 1 N–H and O–H groups in total. The summed E-state index contributed by atoms with van der Waals surface area (Å²) in [5.74, 6) is -2.67. The Kier molecular flexibility index (Phi) is 7.90. The predicted molar refractivity (Wildman–Crippen MR) is 134 cm³/mol. The highest BCUT2D eigenvalue weighted by molar-refractivity contribution is 9.09. The van der Waals surface area contributed by atoms with Crippen molar-refractivity contribution in [2.45, 2.75) is 48.8 Å². The molecule has 3 saturated heterocycles. The number of ether oxygens (including phenoxy) is 2. The number of aliphatic hydroxyl groups excluding tert-OH is 1. The van der Waals surface area contributed by atoms with Gasteiger partial charge in [0, 0.05) is 35.2 Å². The second-order valence-corrected chi connectivity index (χ2v) is 10.7. The summed E-state index contributed by atoms with van der Waals surface area (Å²) in [6.45, 7) is 6.18. The van der Waals surface area contributed by atoms with Gasteiger partial charge in [0.15, 0.2) is 0 Å². The first-order valence-corrected chi connectivity index (χ1v) is 13.2. The van der Waals surface area contributed by atoms with Crippen molar-refractivity contribution in [3.8, 4) is 0 Å². The van der Waals surface area contributed by atoms with E-state index in [0.29, 0.717) is 30.0 Å². The van der Waals surface area contributed by atoms with Crippen molar-refractivity contribution in [3.63, 3.8) is 0 Å². The maximum atomic E-state index is 14.2. The van der Waals surface area contributed by atoms with E-state index in [-0.39, 0.29) is 42.9 Å². The first kappa shape index (κ1) is 26.1. The number of anilines is 1. The van der Waals surface area contributed by atoms with Gasteiger partial charge in [-0.2, -0.15) is 0 Å². The molecule has 4 rings (SSSR count). The van der Waals surface area contributed by atoms with Gasteiger partial charge in [-0.3, -0.25) is 14.4 Å². The summed E-state index contributed by atoms with van der Waals surface area (Å²) in [7, 11) is 0. The Labute approximate surface area is 218 Å². The number of halogens is 2. The average molecular weight is 570 g/mol. The highest BCUT2D eigenvalue weighted by Gasteiger charge is 2.77. The van der Waals surface area contributed by atoms with Gasteiger partial charge in [0.05, 0.1) is 24.5 Å². The molecule has 3 aliphatic heterocycles. The lowest BCUT2D eigenvalue weighted by Gasteiger charge is -2.37. The molecule has 3 heterocycles. The van der Waals surface area contributed by atoms with Crippen molar-refractivity contribution >= 4 is 51.0 Å². The van der Waals surface area contributed by atoms with Crippen molar-refractivity contribution in [1.29, 1.82) is 0 Å². The molecule has 1 aromatic rings. The Morgan fingerprint density at radius 1 is 1.37 bits per heavy atom. The fourth-order valence-corrected chi connectivity index (χ4v) is 6.84. The zero-order valence-electron chi connectivity index (χ0n) is 19.6. The summed E-state index contributed by atoms with van der Waals surface area (Å²) in [4.78, 5) is 43.9. The van der Waals surface area contributed by atoms with Gasteiger partial charge in [-0.25, -0.2) is 0 Å². The number of carbonyl (C=O) groups is 3. The van der Waals surface area contributed by atoms with Gasteiger partial charge in [-0.15, -0.1) is 6.58 Å². The molecule has 1 aromatic carbocycles. The number of aliphatic hydroxyl groups is 1. The molecule has 1 spiro atoms. The van der Waals surface area contributed by atoms with Crippen molar-refractivity contribution < 1.29 is 29.0 Å². The molecule has 2 bridgehead atoms. The van der Waals surface area contributed by atoms with Crippen molar-refractivity contribution in [2.24, 2.45) is 11.8 Å². The third-order valence-electron chi connectivity index (χ3n) is 7.10. The largest absolute Gasteiger partial charge is 0.466 e. The van der Waals surface area contributed by atoms with E-state index in [4.69, 9.17) is 21.1 Å². The van der Waals surface area contributed by atoms with Crippen molar-refractivity contribution in [1.82, 2.24) is 4.90 Å². The minimum Gasteiger partial charge on any atom is -0.466 e. The SMILES string of the molecule is C=CCN(C(=O)C1N(CCCCO)C(=O)[C@@H]2[C@H](C(=O)OCC)[C@H]3OC12CC3Br)c1ccc(Cl)cc1. The maximum Gasteiger partial charge on any atom is 0.312 e. The van der Waals surface area contributed by atoms with Gasteiger partial charge in [0.2, 0.25) is 5.91 Å². The van der Waals surface area contributed by atoms with Crippen LogP contribution < -0.4 is 4.90 Å². The van der Waals surface area contributed by atoms with Crippen LogP contribution in [0.2, 0.25) is 5.02 Å². The van der Waals surface area contributed by atoms with Crippen LogP contribution in [0.3, 0.4) is 0 Å². The van der Waals surface area contributed by atoms with Gasteiger partial charge in [0.1, 0.15) is 11.6 Å². The predicted octanol–water partition coefficient (Wildman–Crippen LogP) is 2.94. The highest BCUT2D eigenvalue weighted by Crippen LogP contribution is 2.60. The number of fused-ring (bicyclic) bond motifs is 1. The zero-order chi connectivity index (χ0) is 25.3. The lowest BCUT2D eigenvalue weighted by molar-refractivity contribution is -0.154. The molecule has 190 valence electrons. The molecule has 3 fully saturated rings. The molecule has 10 heteroatoms. The van der Waals surface area contributed by atoms with E-state index in [0.717, 1.165) is 0 Å². The quantitative estimate of drug-likeness (QED) is 0.201. The number of rotatable bonds is 10. The molecule has 0 aromatic heterocycles. The molecule has 0 aliphatic carbocycles. The van der Waals surface area contributed by atoms with E-state index in [1.165, 1.54) is 0 Å². The normalized spacial score (nSPS) is 30.9. The molecular formula is C25H30BrClN2O6. The number of likely N-dealkylation sites (tertiary alicyclic amines) is 1. The number of hydrogen-bond donors (Lipinski definition) is 1. The summed E-state index contributed by atoms with van der Waals surface area (Å²) in [6, 6.07) is 5.95. The summed E-state index contributed by atoms with van der Waals surface area (Å²) >= 11 is 9.69. The van der Waals surface area contributed by atoms with Crippen molar-refractivity contribution in [2.75, 3.05) is 31.2 Å². The maximum absolute atomic E-state index is 14.2. The summed E-state index contributed by atoms with van der Waals surface area (Å²) < 4.78 is 11.8. The van der Waals surface area contributed by atoms with Gasteiger partial charge in [0.25, 0.3) is 5.91 Å². The number of amides is 2. The van der Waals surface area contributed by atoms with E-state index in [2.05, 4.69) is 22.5 Å². The highest BCUT2D eigenvalue weighted by atomic mass is 79.9. The summed E-state index contributed by atoms with van der Waals surface area (Å²) in [6.07, 6.45) is 2.49. The molecule has 3 aliphatic rings. The second kappa shape index (κ2) is 10.6. The van der Waals surface area contributed by atoms with Gasteiger partial charge in [-0.1, -0.05) is 33.6 Å². The number of esters is 1. The molecule has 3 unspecified atom stereocenters. The van der Waals surface area contributed by atoms with E-state index >= 15 is 0 Å². The minimum absolute atomic E-state index is 0.0178. The number of nitrogens with zero attached hydrogens (tertiary/aromatic N) is 2. The summed E-state index contributed by atoms with van der Waals surface area (Å²) in [5, 5.41) is 9.83. The second-order valence-electron chi connectivity index (χ2n) is 9.09. The molecule has 35 heavy (non-hydrogen) atoms. The first-order chi connectivity index (χ1) is 16.8. The number of carbonyl (C=O) groups excluding carboxylic acids is 3. The Bertz CT molecular complexity index is 991. The van der Waals surface area contributed by atoms with E-state index < -0.39 is 35.6 Å². The van der Waals surface area contributed by atoms with E-state index in [9.17, 15) is 19.5 Å². The number of unbranched alkanes of at least 4 members (excludes halogenated alkanes) is 1. The zero-order valence-corrected chi connectivity index (χ0v) is 21.9. The van der Waals surface area contributed by atoms with Crippen LogP contribution in [0.25, 0.3) is 0 Å². The Morgan fingerprint density at radius 2 is 2.09 bits per heavy atom. The van der Waals surface area contributed by atoms with Crippen molar-refractivity contribution in [3.05, 3.63) is 41.9 Å². The topological polar surface area (TPSA) is 96.4 Å². The van der Waals surface area contributed by atoms with Gasteiger partial charge in [-0.05, 0) is 50.5 Å². The summed E-state index contributed by atoms with van der Waals surface area (Å²) in [5.41, 5.74) is -0.540. The van der Waals surface area contributed by atoms with Crippen LogP contribution in [0.5, 0.6) is 0 Å². The van der Waals surface area contributed by atoms with Crippen LogP contribution >= 0.6 is 27.5 Å². The molecule has 2 amide bonds. The Balaban J connectivity index is 1.77. The number of alkyl halides is 1. The number of benzene rings is 1. The molecule has 0 saturated carbocycles. The van der Waals surface area contributed by atoms with Crippen LogP contribution in [0, 0.1) is 11.8 Å². The number of hydrogen-bond acceptors (Lipinski definition) is 6. The molecule has 0 radical (unpaired) electrons. The average Bonchev–Trinajstić information content (AvgIpc) is 3.42. The van der Waals surface area contributed by atoms with E-state index in [1.807, 2.05) is 0 Å². The van der Waals surface area contributed by atoms with Crippen LogP contribution in [-0.2, 0) is 23.9 Å². The van der Waals surface area contributed by atoms with Crippen LogP contribution in [-0.4, -0.2) is 76.7 Å². The third-order valence-corrected chi connectivity index (χ3v) is 8.20. The van der Waals surface area contributed by atoms with Gasteiger partial charge >= 0.3 is 5.97 Å². The van der Waals surface area contributed by atoms with Crippen LogP contribution in [0.4, 0.5) is 5.69 Å². The smallest absolute Gasteiger partial charge is 0.312 e. The molecule has 6 atom stereocenters. The fourth-order valence-electron chi connectivity index (χ4n) is 5.77. The van der Waals surface area contributed by atoms with Crippen LogP contribution in [0.1, 0.15) is 26.2 Å². The third kappa shape index (κ3) is 4.41. The van der Waals surface area contributed by atoms with Crippen LogP contribution in [0.15, 0.2) is 36.9 Å². The lowest BCUT2D eigenvalue weighted by Crippen LogP contribution is -2.57. The minimum atomic E-state index is -1.16. The Hall–Kier alpha value is -1.94. The fraction of sp³-hybridized carbons (Fsp3) is 0.560. The van der Waals surface area contributed by atoms with E-state index in [1.54, 1.807) is 47.1 Å².